The molecule has 0 N–H and O–H groups in total. The Morgan fingerprint density at radius 2 is 1.60 bits per heavy atom. The fourth-order valence-corrected chi connectivity index (χ4v) is 5.61. The zero-order valence-electron chi connectivity index (χ0n) is 22.4. The summed E-state index contributed by atoms with van der Waals surface area (Å²) in [5.41, 5.74) is -0.726. The van der Waals surface area contributed by atoms with Crippen molar-refractivity contribution in [2.75, 3.05) is 33.9 Å². The molecule has 2 fully saturated rings. The minimum Gasteiger partial charge on any atom is -0.497 e. The molecule has 5 rings (SSSR count). The zero-order chi connectivity index (χ0) is 28.4. The first-order valence-electron chi connectivity index (χ1n) is 13.2. The first kappa shape index (κ1) is 27.5. The minimum atomic E-state index is -0.959. The lowest BCUT2D eigenvalue weighted by Crippen LogP contribution is -2.66. The Morgan fingerprint density at radius 3 is 2.23 bits per heavy atom. The molecule has 7 nitrogen and oxygen atoms in total. The fraction of sp³-hybridized carbons (Fsp3) is 0.367. The Labute approximate surface area is 230 Å². The molecule has 0 bridgehead atoms. The molecule has 2 aliphatic heterocycles. The summed E-state index contributed by atoms with van der Waals surface area (Å²) in [4.78, 5) is 33.9. The van der Waals surface area contributed by atoms with E-state index in [1.54, 1.807) is 25.2 Å². The summed E-state index contributed by atoms with van der Waals surface area (Å²) in [6.07, 6.45) is 2.84. The Morgan fingerprint density at radius 1 is 0.900 bits per heavy atom. The van der Waals surface area contributed by atoms with Crippen LogP contribution in [0, 0.1) is 17.5 Å². The van der Waals surface area contributed by atoms with E-state index in [1.807, 2.05) is 17.0 Å². The summed E-state index contributed by atoms with van der Waals surface area (Å²) in [7, 11) is 3.16. The number of hydrogen-bond donors (Lipinski definition) is 0. The van der Waals surface area contributed by atoms with Gasteiger partial charge in [0, 0.05) is 37.7 Å². The highest BCUT2D eigenvalue weighted by molar-refractivity contribution is 5.94. The average Bonchev–Trinajstić information content (AvgIpc) is 2.96. The van der Waals surface area contributed by atoms with Gasteiger partial charge in [0.15, 0.2) is 0 Å². The van der Waals surface area contributed by atoms with E-state index in [0.717, 1.165) is 30.2 Å². The van der Waals surface area contributed by atoms with Gasteiger partial charge in [-0.05, 0) is 61.6 Å². The second-order valence-electron chi connectivity index (χ2n) is 10.1. The molecule has 2 saturated heterocycles. The van der Waals surface area contributed by atoms with Gasteiger partial charge < -0.3 is 19.3 Å². The van der Waals surface area contributed by atoms with E-state index < -0.39 is 40.2 Å². The highest BCUT2D eigenvalue weighted by Gasteiger charge is 2.49. The Hall–Kier alpha value is -4.08. The molecule has 1 aromatic heterocycles. The normalized spacial score (nSPS) is 16.0. The van der Waals surface area contributed by atoms with Crippen LogP contribution in [0.3, 0.4) is 0 Å². The number of aromatic nitrogens is 1. The molecule has 40 heavy (non-hydrogen) atoms. The van der Waals surface area contributed by atoms with Gasteiger partial charge in [-0.3, -0.25) is 9.59 Å². The van der Waals surface area contributed by atoms with Crippen molar-refractivity contribution in [1.29, 1.82) is 0 Å². The number of methoxy groups -OCH3 is 2. The van der Waals surface area contributed by atoms with Crippen molar-refractivity contribution in [3.05, 3.63) is 77.2 Å². The fourth-order valence-electron chi connectivity index (χ4n) is 5.61. The number of ether oxygens (including phenoxy) is 2. The van der Waals surface area contributed by atoms with E-state index in [-0.39, 0.29) is 11.6 Å². The van der Waals surface area contributed by atoms with Crippen molar-refractivity contribution in [3.8, 4) is 22.8 Å². The molecule has 2 amide bonds. The van der Waals surface area contributed by atoms with Crippen LogP contribution in [0.25, 0.3) is 11.3 Å². The number of pyridine rings is 1. The molecule has 210 valence electrons. The predicted molar refractivity (Wildman–Crippen MR) is 142 cm³/mol. The number of rotatable bonds is 7. The van der Waals surface area contributed by atoms with Crippen molar-refractivity contribution in [2.24, 2.45) is 0 Å². The van der Waals surface area contributed by atoms with Gasteiger partial charge in [-0.2, -0.15) is 0 Å². The number of amides is 2. The molecular formula is C30H30F3N3O4. The molecule has 0 aliphatic carbocycles. The third kappa shape index (κ3) is 5.10. The van der Waals surface area contributed by atoms with Crippen LogP contribution in [0.2, 0.25) is 0 Å². The first-order chi connectivity index (χ1) is 19.3. The van der Waals surface area contributed by atoms with Crippen LogP contribution in [0.15, 0.2) is 48.5 Å². The monoisotopic (exact) mass is 553 g/mol. The summed E-state index contributed by atoms with van der Waals surface area (Å²) in [6, 6.07) is 11.0. The zero-order valence-corrected chi connectivity index (χ0v) is 22.4. The molecule has 3 aromatic rings. The second-order valence-corrected chi connectivity index (χ2v) is 10.1. The van der Waals surface area contributed by atoms with Gasteiger partial charge in [-0.1, -0.05) is 12.1 Å². The van der Waals surface area contributed by atoms with Crippen LogP contribution in [-0.4, -0.2) is 66.0 Å². The van der Waals surface area contributed by atoms with Crippen LogP contribution in [0.4, 0.5) is 13.2 Å². The second kappa shape index (κ2) is 11.2. The van der Waals surface area contributed by atoms with E-state index in [9.17, 15) is 22.8 Å². The van der Waals surface area contributed by atoms with E-state index in [2.05, 4.69) is 4.98 Å². The van der Waals surface area contributed by atoms with Crippen LogP contribution >= 0.6 is 0 Å². The SMILES string of the molecule is COc1ccc(CCC(=O)N2CCC3(CC2)CCN3C(=O)c2ccc(F)c(-c3c(F)cccc3F)n2)c(OC)c1. The molecular weight excluding hydrogens is 523 g/mol. The van der Waals surface area contributed by atoms with Gasteiger partial charge in [-0.25, -0.2) is 18.2 Å². The van der Waals surface area contributed by atoms with Crippen LogP contribution < -0.4 is 9.47 Å². The number of likely N-dealkylation sites (tertiary alicyclic amines) is 2. The Balaban J connectivity index is 1.23. The lowest BCUT2D eigenvalue weighted by molar-refractivity contribution is -0.135. The Bertz CT molecular complexity index is 1420. The number of benzene rings is 2. The van der Waals surface area contributed by atoms with Gasteiger partial charge in [0.1, 0.15) is 40.3 Å². The van der Waals surface area contributed by atoms with E-state index >= 15 is 0 Å². The molecule has 0 atom stereocenters. The van der Waals surface area contributed by atoms with Gasteiger partial charge in [0.25, 0.3) is 5.91 Å². The largest absolute Gasteiger partial charge is 0.497 e. The number of hydrogen-bond acceptors (Lipinski definition) is 5. The number of halogens is 3. The molecule has 0 saturated carbocycles. The Kier molecular flexibility index (Phi) is 7.69. The first-order valence-corrected chi connectivity index (χ1v) is 13.2. The van der Waals surface area contributed by atoms with E-state index in [0.29, 0.717) is 56.8 Å². The average molecular weight is 554 g/mol. The topological polar surface area (TPSA) is 72.0 Å². The number of nitrogens with zero attached hydrogens (tertiary/aromatic N) is 3. The molecule has 1 spiro atoms. The quantitative estimate of drug-likeness (QED) is 0.411. The third-order valence-corrected chi connectivity index (χ3v) is 8.03. The number of carbonyl (C=O) groups excluding carboxylic acids is 2. The summed E-state index contributed by atoms with van der Waals surface area (Å²) < 4.78 is 53.8. The van der Waals surface area contributed by atoms with E-state index in [1.165, 1.54) is 12.1 Å². The number of carbonyl (C=O) groups is 2. The van der Waals surface area contributed by atoms with Gasteiger partial charge in [0.2, 0.25) is 5.91 Å². The summed E-state index contributed by atoms with van der Waals surface area (Å²) in [5, 5.41) is 0. The third-order valence-electron chi connectivity index (χ3n) is 8.03. The van der Waals surface area contributed by atoms with Gasteiger partial charge in [-0.15, -0.1) is 0 Å². The smallest absolute Gasteiger partial charge is 0.272 e. The summed E-state index contributed by atoms with van der Waals surface area (Å²) >= 11 is 0. The van der Waals surface area contributed by atoms with Crippen LogP contribution in [-0.2, 0) is 11.2 Å². The summed E-state index contributed by atoms with van der Waals surface area (Å²) in [6.45, 7) is 1.50. The van der Waals surface area contributed by atoms with Crippen molar-refractivity contribution >= 4 is 11.8 Å². The van der Waals surface area contributed by atoms with Crippen LogP contribution in [0.5, 0.6) is 11.5 Å². The van der Waals surface area contributed by atoms with Crippen molar-refractivity contribution in [2.45, 2.75) is 37.6 Å². The van der Waals surface area contributed by atoms with Crippen LogP contribution in [0.1, 0.15) is 41.7 Å². The van der Waals surface area contributed by atoms with E-state index in [4.69, 9.17) is 9.47 Å². The molecule has 0 unspecified atom stereocenters. The molecule has 10 heteroatoms. The van der Waals surface area contributed by atoms with Crippen molar-refractivity contribution < 1.29 is 32.2 Å². The standard InChI is InChI=1S/C30H30F3N3O4/c1-39-20-8-6-19(25(18-20)40-2)7-11-26(37)35-15-12-30(13-16-35)14-17-36(30)29(38)24-10-9-23(33)28(34-24)27-21(31)4-3-5-22(27)32/h3-6,8-10,18H,7,11-17H2,1-2H3. The molecule has 0 radical (unpaired) electrons. The van der Waals surface area contributed by atoms with Crippen molar-refractivity contribution in [1.82, 2.24) is 14.8 Å². The van der Waals surface area contributed by atoms with Gasteiger partial charge in [0.05, 0.1) is 19.8 Å². The minimum absolute atomic E-state index is 0.0293. The lowest BCUT2D eigenvalue weighted by Gasteiger charge is -2.56. The van der Waals surface area contributed by atoms with Crippen molar-refractivity contribution in [3.63, 3.8) is 0 Å². The maximum absolute atomic E-state index is 14.5. The highest BCUT2D eigenvalue weighted by atomic mass is 19.1. The molecule has 2 aromatic carbocycles. The predicted octanol–water partition coefficient (Wildman–Crippen LogP) is 5.02. The maximum atomic E-state index is 14.5. The maximum Gasteiger partial charge on any atom is 0.272 e. The lowest BCUT2D eigenvalue weighted by atomic mass is 9.76. The number of piperidine rings is 1. The van der Waals surface area contributed by atoms with Gasteiger partial charge >= 0.3 is 0 Å². The summed E-state index contributed by atoms with van der Waals surface area (Å²) in [5.74, 6) is -1.88. The number of aryl methyl sites for hydroxylation is 1. The molecule has 2 aliphatic rings. The molecule has 3 heterocycles. The highest BCUT2D eigenvalue weighted by Crippen LogP contribution is 2.41.